The fourth-order valence-corrected chi connectivity index (χ4v) is 1.94. The number of aromatic nitrogens is 1. The van der Waals surface area contributed by atoms with Gasteiger partial charge in [0, 0.05) is 31.9 Å². The Bertz CT molecular complexity index is 367. The van der Waals surface area contributed by atoms with E-state index < -0.39 is 0 Å². The van der Waals surface area contributed by atoms with Crippen molar-refractivity contribution in [1.29, 1.82) is 0 Å². The van der Waals surface area contributed by atoms with Crippen LogP contribution in [-0.2, 0) is 0 Å². The van der Waals surface area contributed by atoms with Crippen molar-refractivity contribution in [3.05, 3.63) is 23.0 Å². The van der Waals surface area contributed by atoms with Crippen molar-refractivity contribution in [3.63, 3.8) is 0 Å². The van der Waals surface area contributed by atoms with E-state index in [0.29, 0.717) is 16.8 Å². The van der Waals surface area contributed by atoms with Crippen molar-refractivity contribution in [2.24, 2.45) is 0 Å². The van der Waals surface area contributed by atoms with Crippen molar-refractivity contribution in [2.45, 2.75) is 13.0 Å². The molecule has 0 bridgehead atoms. The third kappa shape index (κ3) is 2.90. The Kier molecular flexibility index (Phi) is 4.65. The van der Waals surface area contributed by atoms with Gasteiger partial charge in [0.2, 0.25) is 0 Å². The van der Waals surface area contributed by atoms with Crippen LogP contribution < -0.4 is 5.32 Å². The molecule has 16 heavy (non-hydrogen) atoms. The number of rotatable bonds is 1. The largest absolute Gasteiger partial charge is 0.356 e. The van der Waals surface area contributed by atoms with Gasteiger partial charge in [-0.25, -0.2) is 0 Å². The molecular weight excluding hydrogens is 249 g/mol. The molecule has 2 N–H and O–H groups in total. The fourth-order valence-electron chi connectivity index (χ4n) is 1.78. The van der Waals surface area contributed by atoms with Crippen molar-refractivity contribution in [3.8, 4) is 0 Å². The van der Waals surface area contributed by atoms with E-state index in [2.05, 4.69) is 17.2 Å². The first-order chi connectivity index (χ1) is 7.16. The second kappa shape index (κ2) is 5.57. The number of aromatic amines is 1. The van der Waals surface area contributed by atoms with Crippen LogP contribution in [0.1, 0.15) is 17.4 Å². The lowest BCUT2D eigenvalue weighted by Crippen LogP contribution is -2.51. The smallest absolute Gasteiger partial charge is 0.270 e. The number of H-pyrrole nitrogens is 1. The summed E-state index contributed by atoms with van der Waals surface area (Å²) < 4.78 is 0. The molecule has 1 amide bonds. The molecule has 1 fully saturated rings. The number of piperazine rings is 1. The highest BCUT2D eigenvalue weighted by Crippen LogP contribution is 2.12. The monoisotopic (exact) mass is 263 g/mol. The highest BCUT2D eigenvalue weighted by molar-refractivity contribution is 6.30. The molecule has 0 aliphatic carbocycles. The Balaban J connectivity index is 0.00000128. The van der Waals surface area contributed by atoms with E-state index >= 15 is 0 Å². The first-order valence-corrected chi connectivity index (χ1v) is 5.41. The Labute approximate surface area is 106 Å². The number of halogens is 2. The third-order valence-corrected chi connectivity index (χ3v) is 2.75. The van der Waals surface area contributed by atoms with Crippen molar-refractivity contribution in [2.75, 3.05) is 19.6 Å². The predicted octanol–water partition coefficient (Wildman–Crippen LogP) is 1.52. The quantitative estimate of drug-likeness (QED) is 0.808. The van der Waals surface area contributed by atoms with Crippen molar-refractivity contribution >= 4 is 29.9 Å². The maximum atomic E-state index is 12.0. The summed E-state index contributed by atoms with van der Waals surface area (Å²) in [5.74, 6) is 0.0234. The van der Waals surface area contributed by atoms with E-state index in [1.807, 2.05) is 4.90 Å². The van der Waals surface area contributed by atoms with E-state index in [1.54, 1.807) is 12.3 Å². The zero-order valence-corrected chi connectivity index (χ0v) is 10.6. The summed E-state index contributed by atoms with van der Waals surface area (Å²) in [6.45, 7) is 4.41. The molecule has 1 aliphatic heterocycles. The third-order valence-electron chi connectivity index (χ3n) is 2.53. The van der Waals surface area contributed by atoms with Gasteiger partial charge in [0.15, 0.2) is 0 Å². The SMILES string of the molecule is C[C@H]1CN(C(=O)c2cc(Cl)c[nH]2)CCN1.Cl. The summed E-state index contributed by atoms with van der Waals surface area (Å²) in [5, 5.41) is 3.86. The predicted molar refractivity (Wildman–Crippen MR) is 66.4 cm³/mol. The van der Waals surface area contributed by atoms with Crippen LogP contribution in [0.3, 0.4) is 0 Å². The van der Waals surface area contributed by atoms with Crippen LogP contribution >= 0.6 is 24.0 Å². The highest BCUT2D eigenvalue weighted by atomic mass is 35.5. The van der Waals surface area contributed by atoms with Gasteiger partial charge in [0.05, 0.1) is 5.02 Å². The van der Waals surface area contributed by atoms with E-state index in [9.17, 15) is 4.79 Å². The Morgan fingerprint density at radius 2 is 2.38 bits per heavy atom. The van der Waals surface area contributed by atoms with E-state index in [4.69, 9.17) is 11.6 Å². The topological polar surface area (TPSA) is 48.1 Å². The normalized spacial score (nSPS) is 20.4. The van der Waals surface area contributed by atoms with Gasteiger partial charge in [0.25, 0.3) is 5.91 Å². The van der Waals surface area contributed by atoms with Gasteiger partial charge >= 0.3 is 0 Å². The average molecular weight is 264 g/mol. The van der Waals surface area contributed by atoms with Crippen molar-refractivity contribution in [1.82, 2.24) is 15.2 Å². The molecule has 0 radical (unpaired) electrons. The van der Waals surface area contributed by atoms with Crippen molar-refractivity contribution < 1.29 is 4.79 Å². The van der Waals surface area contributed by atoms with Crippen LogP contribution in [-0.4, -0.2) is 41.5 Å². The van der Waals surface area contributed by atoms with E-state index in [0.717, 1.165) is 19.6 Å². The number of hydrogen-bond acceptors (Lipinski definition) is 2. The summed E-state index contributed by atoms with van der Waals surface area (Å²) >= 11 is 5.76. The van der Waals surface area contributed by atoms with Gasteiger partial charge in [-0.1, -0.05) is 11.6 Å². The molecule has 1 aromatic rings. The van der Waals surface area contributed by atoms with Crippen LogP contribution in [0.15, 0.2) is 12.3 Å². The molecule has 1 aliphatic rings. The van der Waals surface area contributed by atoms with Gasteiger partial charge < -0.3 is 15.2 Å². The average Bonchev–Trinajstić information content (AvgIpc) is 2.64. The summed E-state index contributed by atoms with van der Waals surface area (Å²) in [4.78, 5) is 16.7. The number of nitrogens with one attached hydrogen (secondary N) is 2. The first kappa shape index (κ1) is 13.4. The molecule has 6 heteroatoms. The maximum Gasteiger partial charge on any atom is 0.270 e. The Morgan fingerprint density at radius 3 is 2.94 bits per heavy atom. The highest BCUT2D eigenvalue weighted by Gasteiger charge is 2.22. The van der Waals surface area contributed by atoms with Crippen LogP contribution in [0.5, 0.6) is 0 Å². The van der Waals surface area contributed by atoms with Gasteiger partial charge in [-0.05, 0) is 13.0 Å². The summed E-state index contributed by atoms with van der Waals surface area (Å²) in [6.07, 6.45) is 1.63. The Morgan fingerprint density at radius 1 is 1.62 bits per heavy atom. The first-order valence-electron chi connectivity index (χ1n) is 5.03. The molecule has 4 nitrogen and oxygen atoms in total. The number of nitrogens with zero attached hydrogens (tertiary/aromatic N) is 1. The van der Waals surface area contributed by atoms with Crippen LogP contribution in [0.2, 0.25) is 5.02 Å². The summed E-state index contributed by atoms with van der Waals surface area (Å²) in [6, 6.07) is 2.02. The molecule has 0 saturated carbocycles. The summed E-state index contributed by atoms with van der Waals surface area (Å²) in [5.41, 5.74) is 0.564. The minimum atomic E-state index is 0. The molecule has 1 saturated heterocycles. The Hall–Kier alpha value is -0.710. The molecule has 90 valence electrons. The minimum absolute atomic E-state index is 0. The molecule has 1 aromatic heterocycles. The summed E-state index contributed by atoms with van der Waals surface area (Å²) in [7, 11) is 0. The van der Waals surface area contributed by atoms with E-state index in [-0.39, 0.29) is 18.3 Å². The molecule has 0 unspecified atom stereocenters. The van der Waals surface area contributed by atoms with Gasteiger partial charge in [-0.3, -0.25) is 4.79 Å². The van der Waals surface area contributed by atoms with Crippen LogP contribution in [0, 0.1) is 0 Å². The lowest BCUT2D eigenvalue weighted by molar-refractivity contribution is 0.0704. The zero-order valence-electron chi connectivity index (χ0n) is 9.00. The number of amides is 1. The molecule has 2 rings (SSSR count). The second-order valence-electron chi connectivity index (χ2n) is 3.84. The number of carbonyl (C=O) groups excluding carboxylic acids is 1. The number of carbonyl (C=O) groups is 1. The molecule has 2 heterocycles. The number of hydrogen-bond donors (Lipinski definition) is 2. The lowest BCUT2D eigenvalue weighted by atomic mass is 10.2. The fraction of sp³-hybridized carbons (Fsp3) is 0.500. The van der Waals surface area contributed by atoms with Gasteiger partial charge in [0.1, 0.15) is 5.69 Å². The van der Waals surface area contributed by atoms with Gasteiger partial charge in [-0.2, -0.15) is 0 Å². The molecular formula is C10H15Cl2N3O. The zero-order chi connectivity index (χ0) is 10.8. The van der Waals surface area contributed by atoms with Crippen LogP contribution in [0.25, 0.3) is 0 Å². The minimum Gasteiger partial charge on any atom is -0.356 e. The lowest BCUT2D eigenvalue weighted by Gasteiger charge is -2.31. The molecule has 0 spiro atoms. The maximum absolute atomic E-state index is 12.0. The molecule has 0 aromatic carbocycles. The molecule has 1 atom stereocenters. The van der Waals surface area contributed by atoms with Gasteiger partial charge in [-0.15, -0.1) is 12.4 Å². The standard InChI is InChI=1S/C10H14ClN3O.ClH/c1-7-6-14(3-2-12-7)10(15)9-4-8(11)5-13-9;/h4-5,7,12-13H,2-3,6H2,1H3;1H/t7-;/m0./s1. The van der Waals surface area contributed by atoms with E-state index in [1.165, 1.54) is 0 Å². The second-order valence-corrected chi connectivity index (χ2v) is 4.27. The van der Waals surface area contributed by atoms with Crippen LogP contribution in [0.4, 0.5) is 0 Å².